The number of benzene rings is 2. The topological polar surface area (TPSA) is 88.6 Å². The van der Waals surface area contributed by atoms with Crippen molar-refractivity contribution in [2.75, 3.05) is 25.0 Å². The van der Waals surface area contributed by atoms with Crippen LogP contribution in [0.15, 0.2) is 48.5 Å². The minimum Gasteiger partial charge on any atom is -0.452 e. The number of hydrogen-bond acceptors (Lipinski definition) is 5. The first-order valence-electron chi connectivity index (χ1n) is 12.3. The van der Waals surface area contributed by atoms with Crippen molar-refractivity contribution in [3.8, 4) is 0 Å². The van der Waals surface area contributed by atoms with Crippen molar-refractivity contribution >= 4 is 34.4 Å². The van der Waals surface area contributed by atoms with Crippen molar-refractivity contribution in [1.29, 1.82) is 0 Å². The van der Waals surface area contributed by atoms with Gasteiger partial charge in [0.1, 0.15) is 0 Å². The smallest absolute Gasteiger partial charge is 0.339 e. The van der Waals surface area contributed by atoms with Gasteiger partial charge in [0.25, 0.3) is 11.8 Å². The Kier molecular flexibility index (Phi) is 7.75. The highest BCUT2D eigenvalue weighted by atomic mass is 16.5. The highest BCUT2D eigenvalue weighted by Gasteiger charge is 2.23. The summed E-state index contributed by atoms with van der Waals surface area (Å²) in [7, 11) is 0. The standard InChI is InChI=1S/C28H31N3O4/c1-3-31(4-2)27(33)19-14-16-20(17-15-19)29-25(32)18-35-28(34)26-21-10-6-5-7-12-23(21)30-24-13-9-8-11-22(24)26/h8-9,11,13-17H,3-7,10,12,18H2,1-2H3,(H,29,32). The Hall–Kier alpha value is -3.74. The van der Waals surface area contributed by atoms with E-state index >= 15 is 0 Å². The maximum Gasteiger partial charge on any atom is 0.339 e. The van der Waals surface area contributed by atoms with E-state index in [4.69, 9.17) is 9.72 Å². The highest BCUT2D eigenvalue weighted by molar-refractivity contribution is 6.06. The first-order valence-corrected chi connectivity index (χ1v) is 12.3. The molecule has 0 aliphatic heterocycles. The lowest BCUT2D eigenvalue weighted by atomic mass is 9.97. The number of rotatable bonds is 7. The van der Waals surface area contributed by atoms with E-state index in [2.05, 4.69) is 5.32 Å². The second-order valence-electron chi connectivity index (χ2n) is 8.67. The summed E-state index contributed by atoms with van der Waals surface area (Å²) in [5, 5.41) is 3.48. The molecule has 0 bridgehead atoms. The molecule has 182 valence electrons. The number of carbonyl (C=O) groups excluding carboxylic acids is 3. The Bertz CT molecular complexity index is 1230. The summed E-state index contributed by atoms with van der Waals surface area (Å²) in [6, 6.07) is 14.3. The Morgan fingerprint density at radius 1 is 0.943 bits per heavy atom. The summed E-state index contributed by atoms with van der Waals surface area (Å²) in [6.45, 7) is 4.74. The Morgan fingerprint density at radius 2 is 1.66 bits per heavy atom. The van der Waals surface area contributed by atoms with Gasteiger partial charge in [-0.25, -0.2) is 4.79 Å². The normalized spacial score (nSPS) is 13.0. The van der Waals surface area contributed by atoms with Crippen molar-refractivity contribution in [1.82, 2.24) is 9.88 Å². The van der Waals surface area contributed by atoms with E-state index < -0.39 is 18.5 Å². The van der Waals surface area contributed by atoms with Crippen LogP contribution in [0.4, 0.5) is 5.69 Å². The van der Waals surface area contributed by atoms with Crippen LogP contribution >= 0.6 is 0 Å². The molecule has 0 atom stereocenters. The van der Waals surface area contributed by atoms with Gasteiger partial charge in [-0.1, -0.05) is 24.6 Å². The molecule has 35 heavy (non-hydrogen) atoms. The van der Waals surface area contributed by atoms with E-state index in [0.29, 0.717) is 29.9 Å². The van der Waals surface area contributed by atoms with Gasteiger partial charge in [-0.2, -0.15) is 0 Å². The van der Waals surface area contributed by atoms with E-state index in [1.54, 1.807) is 29.2 Å². The van der Waals surface area contributed by atoms with Gasteiger partial charge in [-0.05, 0) is 75.4 Å². The quantitative estimate of drug-likeness (QED) is 0.394. The Labute approximate surface area is 205 Å². The molecule has 3 aromatic rings. The van der Waals surface area contributed by atoms with Crippen molar-refractivity contribution in [3.63, 3.8) is 0 Å². The lowest BCUT2D eigenvalue weighted by Crippen LogP contribution is -2.30. The lowest BCUT2D eigenvalue weighted by molar-refractivity contribution is -0.119. The Balaban J connectivity index is 1.44. The number of pyridine rings is 1. The number of esters is 1. The molecule has 1 N–H and O–H groups in total. The fraction of sp³-hybridized carbons (Fsp3) is 0.357. The second-order valence-corrected chi connectivity index (χ2v) is 8.67. The van der Waals surface area contributed by atoms with Gasteiger partial charge in [0.15, 0.2) is 6.61 Å². The summed E-state index contributed by atoms with van der Waals surface area (Å²) in [5.74, 6) is -0.992. The molecule has 0 saturated carbocycles. The average Bonchev–Trinajstić information content (AvgIpc) is 3.12. The molecule has 4 rings (SSSR count). The van der Waals surface area contributed by atoms with E-state index in [-0.39, 0.29) is 5.91 Å². The zero-order valence-corrected chi connectivity index (χ0v) is 20.3. The molecule has 0 fully saturated rings. The van der Waals surface area contributed by atoms with Gasteiger partial charge in [0, 0.05) is 35.4 Å². The molecule has 2 amide bonds. The van der Waals surface area contributed by atoms with E-state index in [9.17, 15) is 14.4 Å². The van der Waals surface area contributed by atoms with E-state index in [1.807, 2.05) is 38.1 Å². The van der Waals surface area contributed by atoms with Crippen molar-refractivity contribution < 1.29 is 19.1 Å². The second kappa shape index (κ2) is 11.1. The van der Waals surface area contributed by atoms with Crippen LogP contribution in [-0.4, -0.2) is 47.4 Å². The van der Waals surface area contributed by atoms with Crippen LogP contribution in [0.5, 0.6) is 0 Å². The van der Waals surface area contributed by atoms with E-state index in [1.165, 1.54) is 0 Å². The summed E-state index contributed by atoms with van der Waals surface area (Å²) < 4.78 is 5.46. The zero-order chi connectivity index (χ0) is 24.8. The number of para-hydroxylation sites is 1. The number of aryl methyl sites for hydroxylation is 1. The molecule has 1 aliphatic carbocycles. The van der Waals surface area contributed by atoms with Gasteiger partial charge >= 0.3 is 5.97 Å². The molecule has 0 unspecified atom stereocenters. The van der Waals surface area contributed by atoms with Crippen LogP contribution in [0.2, 0.25) is 0 Å². The molecular weight excluding hydrogens is 442 g/mol. The summed E-state index contributed by atoms with van der Waals surface area (Å²) >= 11 is 0. The summed E-state index contributed by atoms with van der Waals surface area (Å²) in [4.78, 5) is 44.6. The van der Waals surface area contributed by atoms with Gasteiger partial charge in [-0.3, -0.25) is 14.6 Å². The maximum atomic E-state index is 13.2. The maximum absolute atomic E-state index is 13.2. The first kappa shape index (κ1) is 24.4. The average molecular weight is 474 g/mol. The summed E-state index contributed by atoms with van der Waals surface area (Å²) in [5.41, 5.74) is 4.29. The molecule has 0 spiro atoms. The van der Waals surface area contributed by atoms with Crippen LogP contribution in [0, 0.1) is 0 Å². The molecule has 7 nitrogen and oxygen atoms in total. The molecule has 7 heteroatoms. The predicted molar refractivity (Wildman–Crippen MR) is 136 cm³/mol. The number of fused-ring (bicyclic) bond motifs is 2. The lowest BCUT2D eigenvalue weighted by Gasteiger charge is -2.18. The van der Waals surface area contributed by atoms with Crippen molar-refractivity contribution in [3.05, 3.63) is 70.9 Å². The number of anilines is 1. The van der Waals surface area contributed by atoms with Crippen LogP contribution < -0.4 is 5.32 Å². The highest BCUT2D eigenvalue weighted by Crippen LogP contribution is 2.29. The fourth-order valence-corrected chi connectivity index (χ4v) is 4.57. The van der Waals surface area contributed by atoms with Gasteiger partial charge in [0.2, 0.25) is 0 Å². The first-order chi connectivity index (χ1) is 17.0. The molecule has 0 radical (unpaired) electrons. The number of nitrogens with one attached hydrogen (secondary N) is 1. The van der Waals surface area contributed by atoms with Crippen LogP contribution in [0.1, 0.15) is 65.1 Å². The molecule has 1 heterocycles. The van der Waals surface area contributed by atoms with Crippen molar-refractivity contribution in [2.45, 2.75) is 46.0 Å². The molecule has 1 aliphatic rings. The van der Waals surface area contributed by atoms with Crippen molar-refractivity contribution in [2.24, 2.45) is 0 Å². The monoisotopic (exact) mass is 473 g/mol. The molecule has 2 aromatic carbocycles. The van der Waals surface area contributed by atoms with Crippen LogP contribution in [0.3, 0.4) is 0 Å². The molecule has 0 saturated heterocycles. The molecule has 1 aromatic heterocycles. The SMILES string of the molecule is CCN(CC)C(=O)c1ccc(NC(=O)COC(=O)c2c3c(nc4ccccc24)CCCCC3)cc1. The number of ether oxygens (including phenoxy) is 1. The largest absolute Gasteiger partial charge is 0.452 e. The van der Waals surface area contributed by atoms with E-state index in [0.717, 1.165) is 54.3 Å². The molecular formula is C28H31N3O4. The third kappa shape index (κ3) is 5.50. The van der Waals surface area contributed by atoms with Gasteiger partial charge in [0.05, 0.1) is 11.1 Å². The summed E-state index contributed by atoms with van der Waals surface area (Å²) in [6.07, 6.45) is 4.77. The third-order valence-corrected chi connectivity index (χ3v) is 6.42. The fourth-order valence-electron chi connectivity index (χ4n) is 4.57. The number of carbonyl (C=O) groups is 3. The van der Waals surface area contributed by atoms with Crippen LogP contribution in [0.25, 0.3) is 10.9 Å². The minimum absolute atomic E-state index is 0.0504. The zero-order valence-electron chi connectivity index (χ0n) is 20.3. The van der Waals surface area contributed by atoms with Gasteiger partial charge < -0.3 is 15.0 Å². The number of aromatic nitrogens is 1. The number of nitrogens with zero attached hydrogens (tertiary/aromatic N) is 2. The third-order valence-electron chi connectivity index (χ3n) is 6.42. The minimum atomic E-state index is -0.503. The predicted octanol–water partition coefficient (Wildman–Crippen LogP) is 4.78. The van der Waals surface area contributed by atoms with Crippen LogP contribution in [-0.2, 0) is 22.4 Å². The van der Waals surface area contributed by atoms with Gasteiger partial charge in [-0.15, -0.1) is 0 Å². The Morgan fingerprint density at radius 3 is 2.40 bits per heavy atom. The number of hydrogen-bond donors (Lipinski definition) is 1. The number of amides is 2.